The van der Waals surface area contributed by atoms with Crippen molar-refractivity contribution in [3.63, 3.8) is 0 Å². The molecule has 1 atom stereocenters. The van der Waals surface area contributed by atoms with Gasteiger partial charge in [-0.2, -0.15) is 4.39 Å². The van der Waals surface area contributed by atoms with Crippen molar-refractivity contribution in [2.45, 2.75) is 25.5 Å². The van der Waals surface area contributed by atoms with Crippen molar-refractivity contribution in [3.05, 3.63) is 12.0 Å². The monoisotopic (exact) mass is 202 g/mol. The number of halogens is 1. The lowest BCUT2D eigenvalue weighted by atomic mass is 10.2. The number of rotatable bonds is 4. The molecule has 0 saturated carbocycles. The van der Waals surface area contributed by atoms with Crippen LogP contribution in [0.4, 0.5) is 4.39 Å². The molecule has 4 nitrogen and oxygen atoms in total. The first-order valence-electron chi connectivity index (χ1n) is 4.66. The fraction of sp³-hybridized carbons (Fsp3) is 0.667. The Morgan fingerprint density at radius 1 is 1.64 bits per heavy atom. The summed E-state index contributed by atoms with van der Waals surface area (Å²) in [6.07, 6.45) is 3.45. The van der Waals surface area contributed by atoms with Crippen LogP contribution in [0.2, 0.25) is 0 Å². The van der Waals surface area contributed by atoms with Crippen molar-refractivity contribution < 1.29 is 14.2 Å². The SMILES string of the molecule is N=C(/C=C(/F)NC1CCCCO1)CO. The Kier molecular flexibility index (Phi) is 4.55. The normalized spacial score (nSPS) is 23.3. The second-order valence-corrected chi connectivity index (χ2v) is 3.18. The maximum atomic E-state index is 13.0. The van der Waals surface area contributed by atoms with Crippen molar-refractivity contribution in [3.8, 4) is 0 Å². The lowest BCUT2D eigenvalue weighted by molar-refractivity contribution is -0.00279. The maximum absolute atomic E-state index is 13.0. The van der Waals surface area contributed by atoms with Gasteiger partial charge in [0.15, 0.2) is 5.95 Å². The summed E-state index contributed by atoms with van der Waals surface area (Å²) >= 11 is 0. The van der Waals surface area contributed by atoms with Crippen molar-refractivity contribution in [2.75, 3.05) is 13.2 Å². The molecule has 1 aliphatic rings. The van der Waals surface area contributed by atoms with E-state index in [1.807, 2.05) is 0 Å². The number of ether oxygens (including phenoxy) is 1. The van der Waals surface area contributed by atoms with Crippen LogP contribution in [0.3, 0.4) is 0 Å². The Hall–Kier alpha value is -0.940. The minimum atomic E-state index is -0.629. The van der Waals surface area contributed by atoms with E-state index in [1.54, 1.807) is 0 Å². The van der Waals surface area contributed by atoms with Crippen LogP contribution < -0.4 is 5.32 Å². The highest BCUT2D eigenvalue weighted by atomic mass is 19.1. The van der Waals surface area contributed by atoms with E-state index >= 15 is 0 Å². The Bertz CT molecular complexity index is 225. The summed E-state index contributed by atoms with van der Waals surface area (Å²) in [4.78, 5) is 0. The van der Waals surface area contributed by atoms with E-state index in [1.165, 1.54) is 0 Å². The van der Waals surface area contributed by atoms with Gasteiger partial charge in [-0.25, -0.2) is 0 Å². The first-order valence-corrected chi connectivity index (χ1v) is 4.66. The average Bonchev–Trinajstić information content (AvgIpc) is 2.19. The largest absolute Gasteiger partial charge is 0.390 e. The van der Waals surface area contributed by atoms with Crippen molar-refractivity contribution >= 4 is 5.71 Å². The van der Waals surface area contributed by atoms with Crippen LogP contribution in [0.25, 0.3) is 0 Å². The van der Waals surface area contributed by atoms with Crippen LogP contribution in [0.15, 0.2) is 12.0 Å². The smallest absolute Gasteiger partial charge is 0.190 e. The van der Waals surface area contributed by atoms with E-state index in [4.69, 9.17) is 15.3 Å². The van der Waals surface area contributed by atoms with E-state index in [-0.39, 0.29) is 11.9 Å². The standard InChI is InChI=1S/C9H15FN2O2/c10-8(5-7(11)6-13)12-9-3-1-2-4-14-9/h5,9,11-13H,1-4,6H2/b8-5-,11-7?. The second-order valence-electron chi connectivity index (χ2n) is 3.18. The number of hydrogen-bond donors (Lipinski definition) is 3. The molecule has 1 unspecified atom stereocenters. The molecule has 0 aromatic heterocycles. The van der Waals surface area contributed by atoms with Crippen LogP contribution in [0.5, 0.6) is 0 Å². The summed E-state index contributed by atoms with van der Waals surface area (Å²) in [6, 6.07) is 0. The van der Waals surface area contributed by atoms with Gasteiger partial charge >= 0.3 is 0 Å². The summed E-state index contributed by atoms with van der Waals surface area (Å²) in [6.45, 7) is 0.184. The summed E-state index contributed by atoms with van der Waals surface area (Å²) in [5.74, 6) is -0.629. The van der Waals surface area contributed by atoms with Gasteiger partial charge in [-0.1, -0.05) is 0 Å². The second kappa shape index (κ2) is 5.72. The number of hydrogen-bond acceptors (Lipinski definition) is 4. The first-order chi connectivity index (χ1) is 6.72. The van der Waals surface area contributed by atoms with Crippen molar-refractivity contribution in [1.29, 1.82) is 5.41 Å². The molecule has 80 valence electrons. The van der Waals surface area contributed by atoms with Gasteiger partial charge in [0.2, 0.25) is 0 Å². The molecule has 1 heterocycles. The number of aliphatic hydroxyl groups is 1. The van der Waals surface area contributed by atoms with Crippen molar-refractivity contribution in [2.24, 2.45) is 0 Å². The molecule has 0 amide bonds. The van der Waals surface area contributed by atoms with Gasteiger partial charge in [-0.3, -0.25) is 0 Å². The molecule has 1 rings (SSSR count). The minimum Gasteiger partial charge on any atom is -0.390 e. The molecule has 0 aliphatic carbocycles. The van der Waals surface area contributed by atoms with Crippen LogP contribution in [-0.2, 0) is 4.74 Å². The van der Waals surface area contributed by atoms with E-state index in [2.05, 4.69) is 5.32 Å². The van der Waals surface area contributed by atoms with E-state index < -0.39 is 12.6 Å². The number of nitrogens with one attached hydrogen (secondary N) is 2. The zero-order valence-electron chi connectivity index (χ0n) is 7.92. The van der Waals surface area contributed by atoms with E-state index in [9.17, 15) is 4.39 Å². The molecule has 5 heteroatoms. The molecule has 0 spiro atoms. The molecule has 0 aromatic rings. The van der Waals surface area contributed by atoms with Gasteiger partial charge in [0.05, 0.1) is 12.3 Å². The molecule has 0 bridgehead atoms. The van der Waals surface area contributed by atoms with Gasteiger partial charge in [0, 0.05) is 12.7 Å². The molecule has 1 aliphatic heterocycles. The highest BCUT2D eigenvalue weighted by Crippen LogP contribution is 2.11. The van der Waals surface area contributed by atoms with Crippen LogP contribution >= 0.6 is 0 Å². The minimum absolute atomic E-state index is 0.161. The maximum Gasteiger partial charge on any atom is 0.190 e. The predicted molar refractivity (Wildman–Crippen MR) is 50.7 cm³/mol. The molecule has 1 saturated heterocycles. The van der Waals surface area contributed by atoms with Crippen LogP contribution in [-0.4, -0.2) is 30.3 Å². The summed E-state index contributed by atoms with van der Waals surface area (Å²) in [5.41, 5.74) is -0.161. The fourth-order valence-electron chi connectivity index (χ4n) is 1.25. The lowest BCUT2D eigenvalue weighted by Gasteiger charge is -2.23. The lowest BCUT2D eigenvalue weighted by Crippen LogP contribution is -2.33. The average molecular weight is 202 g/mol. The Morgan fingerprint density at radius 2 is 2.43 bits per heavy atom. The summed E-state index contributed by atoms with van der Waals surface area (Å²) in [5, 5.41) is 18.0. The van der Waals surface area contributed by atoms with Gasteiger partial charge in [0.1, 0.15) is 6.23 Å². The van der Waals surface area contributed by atoms with E-state index in [0.717, 1.165) is 25.3 Å². The third-order valence-corrected chi connectivity index (χ3v) is 1.95. The highest BCUT2D eigenvalue weighted by molar-refractivity contribution is 5.93. The van der Waals surface area contributed by atoms with Gasteiger partial charge in [0.25, 0.3) is 0 Å². The summed E-state index contributed by atoms with van der Waals surface area (Å²) < 4.78 is 18.3. The predicted octanol–water partition coefficient (Wildman–Crippen LogP) is 0.926. The molecule has 14 heavy (non-hydrogen) atoms. The van der Waals surface area contributed by atoms with Crippen LogP contribution in [0.1, 0.15) is 19.3 Å². The Labute approximate surface area is 82.3 Å². The third kappa shape index (κ3) is 3.85. The quantitative estimate of drug-likeness (QED) is 0.469. The molecule has 3 N–H and O–H groups in total. The summed E-state index contributed by atoms with van der Waals surface area (Å²) in [7, 11) is 0. The molecular formula is C9H15FN2O2. The zero-order valence-corrected chi connectivity index (χ0v) is 7.92. The Balaban J connectivity index is 2.34. The highest BCUT2D eigenvalue weighted by Gasteiger charge is 2.14. The number of aliphatic hydroxyl groups excluding tert-OH is 1. The Morgan fingerprint density at radius 3 is 3.00 bits per heavy atom. The molecule has 1 fully saturated rings. The molecule has 0 radical (unpaired) electrons. The zero-order chi connectivity index (χ0) is 10.4. The van der Waals surface area contributed by atoms with E-state index in [0.29, 0.717) is 6.61 Å². The molecular weight excluding hydrogens is 187 g/mol. The van der Waals surface area contributed by atoms with Gasteiger partial charge < -0.3 is 20.6 Å². The van der Waals surface area contributed by atoms with Crippen LogP contribution in [0, 0.1) is 5.41 Å². The molecule has 0 aromatic carbocycles. The first kappa shape index (κ1) is 11.1. The van der Waals surface area contributed by atoms with Gasteiger partial charge in [-0.15, -0.1) is 0 Å². The fourth-order valence-corrected chi connectivity index (χ4v) is 1.25. The third-order valence-electron chi connectivity index (χ3n) is 1.95. The van der Waals surface area contributed by atoms with Crippen molar-refractivity contribution in [1.82, 2.24) is 5.32 Å². The van der Waals surface area contributed by atoms with Gasteiger partial charge in [-0.05, 0) is 19.3 Å². The topological polar surface area (TPSA) is 65.3 Å².